The highest BCUT2D eigenvalue weighted by Crippen LogP contribution is 2.61. The zero-order valence-corrected chi connectivity index (χ0v) is 36.0. The number of aliphatic hydroxyl groups excluding tert-OH is 1. The van der Waals surface area contributed by atoms with E-state index in [1.807, 2.05) is 6.08 Å². The predicted molar refractivity (Wildman–Crippen MR) is 267 cm³/mol. The molecule has 0 aliphatic heterocycles. The first kappa shape index (κ1) is 39.6. The molecule has 0 amide bonds. The van der Waals surface area contributed by atoms with Gasteiger partial charge < -0.3 is 14.9 Å². The minimum Gasteiger partial charge on any atom is -0.389 e. The number of anilines is 4. The fraction of sp³-hybridized carbons (Fsp3) is 0.148. The highest BCUT2D eigenvalue weighted by Gasteiger charge is 2.54. The van der Waals surface area contributed by atoms with Crippen LogP contribution in [0.25, 0.3) is 16.7 Å². The van der Waals surface area contributed by atoms with Crippen LogP contribution < -0.4 is 9.80 Å². The van der Waals surface area contributed by atoms with Gasteiger partial charge in [0.1, 0.15) is 0 Å². The topological polar surface area (TPSA) is 26.7 Å². The minimum atomic E-state index is -0.487. The van der Waals surface area contributed by atoms with Gasteiger partial charge in [-0.3, -0.25) is 0 Å². The normalized spacial score (nSPS) is 22.9. The Kier molecular flexibility index (Phi) is 10.6. The van der Waals surface area contributed by atoms with Gasteiger partial charge in [-0.2, -0.15) is 0 Å². The van der Waals surface area contributed by atoms with Crippen molar-refractivity contribution in [3.8, 4) is 11.1 Å². The average molecular weight is 829 g/mol. The van der Waals surface area contributed by atoms with Gasteiger partial charge in [0.2, 0.25) is 0 Å². The van der Waals surface area contributed by atoms with Crippen molar-refractivity contribution in [1.29, 1.82) is 0 Å². The molecule has 0 saturated heterocycles. The summed E-state index contributed by atoms with van der Waals surface area (Å²) in [5.41, 5.74) is 15.4. The first-order valence-electron chi connectivity index (χ1n) is 22.9. The molecule has 0 radical (unpaired) electrons. The van der Waals surface area contributed by atoms with E-state index in [9.17, 15) is 5.11 Å². The van der Waals surface area contributed by atoms with E-state index in [-0.39, 0.29) is 17.9 Å². The van der Waals surface area contributed by atoms with Gasteiger partial charge in [-0.05, 0) is 131 Å². The van der Waals surface area contributed by atoms with Crippen LogP contribution in [0.1, 0.15) is 53.9 Å². The molecule has 0 spiro atoms. The number of benzene rings is 6. The second-order valence-electron chi connectivity index (χ2n) is 17.5. The van der Waals surface area contributed by atoms with Crippen molar-refractivity contribution >= 4 is 28.3 Å². The van der Waals surface area contributed by atoms with Crippen molar-refractivity contribution in [2.45, 2.75) is 49.2 Å². The molecule has 6 aromatic rings. The van der Waals surface area contributed by atoms with Gasteiger partial charge in [0.25, 0.3) is 0 Å². The summed E-state index contributed by atoms with van der Waals surface area (Å²) in [6.07, 6.45) is 33.0. The number of fused-ring (bicyclic) bond motifs is 3. The van der Waals surface area contributed by atoms with Gasteiger partial charge in [0.15, 0.2) is 0 Å². The molecule has 5 atom stereocenters. The lowest BCUT2D eigenvalue weighted by Gasteiger charge is -2.41. The highest BCUT2D eigenvalue weighted by molar-refractivity contribution is 5.83. The Balaban J connectivity index is 1.000. The second-order valence-corrected chi connectivity index (χ2v) is 17.5. The number of hydrogen-bond donors (Lipinski definition) is 1. The molecule has 0 fully saturated rings. The Bertz CT molecular complexity index is 2860. The van der Waals surface area contributed by atoms with Crippen molar-refractivity contribution < 1.29 is 5.11 Å². The number of rotatable bonds is 10. The fourth-order valence-electron chi connectivity index (χ4n) is 10.9. The van der Waals surface area contributed by atoms with Crippen LogP contribution in [-0.4, -0.2) is 17.3 Å². The van der Waals surface area contributed by atoms with Crippen LogP contribution in [0.5, 0.6) is 0 Å². The third-order valence-corrected chi connectivity index (χ3v) is 13.8. The van der Waals surface area contributed by atoms with E-state index < -0.39 is 11.5 Å². The zero-order chi connectivity index (χ0) is 42.9. The average Bonchev–Trinajstić information content (AvgIpc) is 3.66. The quantitative estimate of drug-likeness (QED) is 0.149. The van der Waals surface area contributed by atoms with Gasteiger partial charge in [-0.1, -0.05) is 176 Å². The monoisotopic (exact) mass is 828 g/mol. The van der Waals surface area contributed by atoms with E-state index >= 15 is 0 Å². The lowest BCUT2D eigenvalue weighted by Crippen LogP contribution is -2.36. The summed E-state index contributed by atoms with van der Waals surface area (Å²) in [7, 11) is 0. The van der Waals surface area contributed by atoms with Crippen LogP contribution in [0.15, 0.2) is 248 Å². The molecule has 3 nitrogen and oxygen atoms in total. The van der Waals surface area contributed by atoms with Gasteiger partial charge in [-0.25, -0.2) is 0 Å². The maximum absolute atomic E-state index is 10.8. The second kappa shape index (κ2) is 17.2. The minimum absolute atomic E-state index is 0.0986. The standard InChI is InChI=1S/C61H52N2O/c64-56-38-32-49(33-39-56)61(48-16-6-1-7-17-48)59-42-46(44-26-34-54(35-27-44)62(50-18-8-2-9-19-50)51-20-10-3-11-21-51)30-40-57(59)58-41-31-47(43-60(58)61)45-28-36-55(37-29-45)63(52-22-12-4-13-23-52)53-24-14-5-15-25-53/h1-4,6-14,16-22,24-38,40-43,52,56-57,59,64H,5,15,23,39H2. The number of hydrogen-bond acceptors (Lipinski definition) is 3. The smallest absolute Gasteiger partial charge is 0.0758 e. The lowest BCUT2D eigenvalue weighted by molar-refractivity contribution is 0.224. The van der Waals surface area contributed by atoms with Crippen LogP contribution in [-0.2, 0) is 5.41 Å². The van der Waals surface area contributed by atoms with Gasteiger partial charge in [-0.15, -0.1) is 0 Å². The Morgan fingerprint density at radius 1 is 0.531 bits per heavy atom. The van der Waals surface area contributed by atoms with Gasteiger partial charge in [0, 0.05) is 40.3 Å². The maximum atomic E-state index is 10.8. The molecule has 5 unspecified atom stereocenters. The molecular weight excluding hydrogens is 777 g/mol. The highest BCUT2D eigenvalue weighted by atomic mass is 16.3. The van der Waals surface area contributed by atoms with E-state index in [1.54, 1.807) is 0 Å². The first-order chi connectivity index (χ1) is 31.6. The van der Waals surface area contributed by atoms with E-state index in [1.165, 1.54) is 55.9 Å². The molecule has 64 heavy (non-hydrogen) atoms. The number of aliphatic hydroxyl groups is 1. The van der Waals surface area contributed by atoms with E-state index in [2.05, 4.69) is 240 Å². The Hall–Kier alpha value is -7.20. The Morgan fingerprint density at radius 2 is 1.20 bits per heavy atom. The van der Waals surface area contributed by atoms with Crippen LogP contribution in [0.4, 0.5) is 22.7 Å². The van der Waals surface area contributed by atoms with Crippen molar-refractivity contribution in [2.24, 2.45) is 5.92 Å². The summed E-state index contributed by atoms with van der Waals surface area (Å²) in [6.45, 7) is 0. The van der Waals surface area contributed by atoms with Crippen molar-refractivity contribution in [2.75, 3.05) is 9.80 Å². The summed E-state index contributed by atoms with van der Waals surface area (Å²) >= 11 is 0. The van der Waals surface area contributed by atoms with Gasteiger partial charge in [0.05, 0.1) is 17.6 Å². The van der Waals surface area contributed by atoms with Crippen LogP contribution in [0.3, 0.4) is 0 Å². The van der Waals surface area contributed by atoms with E-state index in [0.717, 1.165) is 36.3 Å². The van der Waals surface area contributed by atoms with Crippen LogP contribution >= 0.6 is 0 Å². The summed E-state index contributed by atoms with van der Waals surface area (Å²) in [6, 6.07) is 58.0. The molecule has 5 aliphatic carbocycles. The summed E-state index contributed by atoms with van der Waals surface area (Å²) < 4.78 is 0. The van der Waals surface area contributed by atoms with E-state index in [0.29, 0.717) is 6.42 Å². The Morgan fingerprint density at radius 3 is 1.86 bits per heavy atom. The SMILES string of the molecule is OC1C=CC(C2(c3ccccc3)c3cc(-c4ccc(N(C5=CCCC=C5)C5C=CC=CC5)cc4)ccc3C3C=CC(c4ccc(N(c5ccccc5)c5ccccc5)cc4)=CC32)=CC1. The molecule has 3 heteroatoms. The summed E-state index contributed by atoms with van der Waals surface area (Å²) in [5.74, 6) is 0.270. The first-order valence-corrected chi connectivity index (χ1v) is 22.9. The number of nitrogens with zero attached hydrogens (tertiary/aromatic N) is 2. The fourth-order valence-corrected chi connectivity index (χ4v) is 10.9. The van der Waals surface area contributed by atoms with Crippen molar-refractivity contribution in [3.63, 3.8) is 0 Å². The number of allylic oxidation sites excluding steroid dienone is 11. The van der Waals surface area contributed by atoms with Crippen molar-refractivity contribution in [1.82, 2.24) is 0 Å². The van der Waals surface area contributed by atoms with Crippen molar-refractivity contribution in [3.05, 3.63) is 270 Å². The molecule has 0 aromatic heterocycles. The van der Waals surface area contributed by atoms with Gasteiger partial charge >= 0.3 is 0 Å². The summed E-state index contributed by atoms with van der Waals surface area (Å²) in [5, 5.41) is 10.8. The predicted octanol–water partition coefficient (Wildman–Crippen LogP) is 14.6. The third-order valence-electron chi connectivity index (χ3n) is 13.8. The molecule has 312 valence electrons. The molecule has 6 aromatic carbocycles. The molecule has 0 heterocycles. The third kappa shape index (κ3) is 7.16. The molecule has 0 saturated carbocycles. The molecule has 11 rings (SSSR count). The van der Waals surface area contributed by atoms with Crippen LogP contribution in [0.2, 0.25) is 0 Å². The molecule has 1 N–H and O–H groups in total. The molecule has 0 bridgehead atoms. The van der Waals surface area contributed by atoms with E-state index in [4.69, 9.17) is 0 Å². The zero-order valence-electron chi connectivity index (χ0n) is 36.0. The maximum Gasteiger partial charge on any atom is 0.0758 e. The largest absolute Gasteiger partial charge is 0.389 e. The lowest BCUT2D eigenvalue weighted by atomic mass is 9.61. The molecule has 5 aliphatic rings. The van der Waals surface area contributed by atoms with Crippen LogP contribution in [0, 0.1) is 5.92 Å². The Labute approximate surface area is 378 Å². The summed E-state index contributed by atoms with van der Waals surface area (Å²) in [4.78, 5) is 4.81. The number of para-hydroxylation sites is 2. The molecular formula is C61H52N2O.